The lowest BCUT2D eigenvalue weighted by Crippen LogP contribution is -2.43. The normalized spacial score (nSPS) is 12.4. The monoisotopic (exact) mass is 515 g/mol. The Labute approximate surface area is 215 Å². The average molecular weight is 516 g/mol. The first-order valence-corrected chi connectivity index (χ1v) is 12.0. The van der Waals surface area contributed by atoms with Crippen molar-refractivity contribution in [1.82, 2.24) is 15.6 Å². The minimum Gasteiger partial charge on any atom is -0.506 e. The van der Waals surface area contributed by atoms with Gasteiger partial charge in [0.2, 0.25) is 5.91 Å². The van der Waals surface area contributed by atoms with E-state index in [0.29, 0.717) is 12.1 Å². The van der Waals surface area contributed by atoms with Crippen LogP contribution in [0.3, 0.4) is 0 Å². The number of nitrogens with zero attached hydrogens (tertiary/aromatic N) is 1. The van der Waals surface area contributed by atoms with Crippen molar-refractivity contribution in [1.29, 1.82) is 0 Å². The first kappa shape index (κ1) is 27.5. The molecule has 9 heteroatoms. The number of amides is 1. The molecule has 1 amide bonds. The third-order valence-electron chi connectivity index (χ3n) is 5.76. The van der Waals surface area contributed by atoms with Gasteiger partial charge in [0, 0.05) is 29.2 Å². The Bertz CT molecular complexity index is 1190. The first-order valence-electron chi connectivity index (χ1n) is 11.6. The van der Waals surface area contributed by atoms with E-state index in [1.807, 2.05) is 38.1 Å². The summed E-state index contributed by atoms with van der Waals surface area (Å²) in [6.45, 7) is 3.81. The second kappa shape index (κ2) is 12.3. The molecule has 0 spiro atoms. The molecule has 0 saturated carbocycles. The number of nitrogens with one attached hydrogen (secondary N) is 2. The second-order valence-electron chi connectivity index (χ2n) is 9.29. The summed E-state index contributed by atoms with van der Waals surface area (Å²) in [5.41, 5.74) is 2.17. The Balaban J connectivity index is 1.55. The molecule has 36 heavy (non-hydrogen) atoms. The molecular weight excluding hydrogens is 485 g/mol. The Hall–Kier alpha value is -3.04. The van der Waals surface area contributed by atoms with Crippen LogP contribution in [0.5, 0.6) is 5.75 Å². The summed E-state index contributed by atoms with van der Waals surface area (Å²) in [4.78, 5) is 16.5. The highest BCUT2D eigenvalue weighted by atomic mass is 35.5. The molecule has 7 nitrogen and oxygen atoms in total. The Morgan fingerprint density at radius 1 is 1.14 bits per heavy atom. The van der Waals surface area contributed by atoms with Gasteiger partial charge < -0.3 is 26.0 Å². The van der Waals surface area contributed by atoms with Crippen LogP contribution in [-0.2, 0) is 30.8 Å². The predicted molar refractivity (Wildman–Crippen MR) is 136 cm³/mol. The maximum atomic E-state index is 13.9. The number of aliphatic hydroxyl groups is 2. The highest BCUT2D eigenvalue weighted by Crippen LogP contribution is 2.21. The predicted octanol–water partition coefficient (Wildman–Crippen LogP) is 3.58. The number of hydrogen-bond acceptors (Lipinski definition) is 6. The van der Waals surface area contributed by atoms with Gasteiger partial charge >= 0.3 is 0 Å². The van der Waals surface area contributed by atoms with Crippen molar-refractivity contribution in [3.63, 3.8) is 0 Å². The Kier molecular flexibility index (Phi) is 9.39. The van der Waals surface area contributed by atoms with Gasteiger partial charge in [-0.25, -0.2) is 9.37 Å². The van der Waals surface area contributed by atoms with Crippen LogP contribution in [-0.4, -0.2) is 38.3 Å². The number of β-amino-alcohol motifs (C(OH)–C–C–N with tert-alkyl or cyclic N) is 1. The van der Waals surface area contributed by atoms with Crippen molar-refractivity contribution >= 4 is 17.5 Å². The van der Waals surface area contributed by atoms with Crippen LogP contribution in [0.2, 0.25) is 5.02 Å². The maximum Gasteiger partial charge on any atom is 0.224 e. The number of aromatic nitrogens is 1. The molecule has 192 valence electrons. The fourth-order valence-corrected chi connectivity index (χ4v) is 4.08. The second-order valence-corrected chi connectivity index (χ2v) is 9.70. The minimum absolute atomic E-state index is 0.0129. The van der Waals surface area contributed by atoms with Crippen LogP contribution < -0.4 is 10.6 Å². The Morgan fingerprint density at radius 3 is 2.58 bits per heavy atom. The third kappa shape index (κ3) is 7.73. The van der Waals surface area contributed by atoms with Crippen molar-refractivity contribution in [2.75, 3.05) is 6.54 Å². The van der Waals surface area contributed by atoms with Gasteiger partial charge in [0.25, 0.3) is 0 Å². The number of halogens is 2. The summed E-state index contributed by atoms with van der Waals surface area (Å²) in [7, 11) is 0. The van der Waals surface area contributed by atoms with E-state index in [1.54, 1.807) is 6.07 Å². The standard InChI is InChI=1S/C27H31ClFN3O4/c1-27(2,31-15-25(35)22-9-10-24(34)23(16-33)32-22)13-18-6-3-5-17(11-18)12-26(36)30-14-19-20(28)7-4-8-21(19)29/h3-11,25,31,33-35H,12-16H2,1-2H3,(H,30,36). The summed E-state index contributed by atoms with van der Waals surface area (Å²) in [6, 6.07) is 15.0. The third-order valence-corrected chi connectivity index (χ3v) is 6.12. The average Bonchev–Trinajstić information content (AvgIpc) is 2.82. The summed E-state index contributed by atoms with van der Waals surface area (Å²) in [6.07, 6.45) is -0.148. The minimum atomic E-state index is -0.923. The van der Waals surface area contributed by atoms with E-state index in [4.69, 9.17) is 11.6 Å². The fraction of sp³-hybridized carbons (Fsp3) is 0.333. The topological polar surface area (TPSA) is 115 Å². The lowest BCUT2D eigenvalue weighted by molar-refractivity contribution is -0.120. The number of benzene rings is 2. The SMILES string of the molecule is CC(C)(Cc1cccc(CC(=O)NCc2c(F)cccc2Cl)c1)NCC(O)c1ccc(O)c(CO)n1. The zero-order chi connectivity index (χ0) is 26.3. The van der Waals surface area contributed by atoms with Crippen molar-refractivity contribution in [2.24, 2.45) is 0 Å². The number of aliphatic hydroxyl groups excluding tert-OH is 2. The molecular formula is C27H31ClFN3O4. The van der Waals surface area contributed by atoms with Crippen molar-refractivity contribution in [3.05, 3.63) is 93.5 Å². The number of carbonyl (C=O) groups excluding carboxylic acids is 1. The zero-order valence-electron chi connectivity index (χ0n) is 20.3. The number of rotatable bonds is 11. The van der Waals surface area contributed by atoms with Gasteiger partial charge in [-0.3, -0.25) is 4.79 Å². The largest absolute Gasteiger partial charge is 0.506 e. The fourth-order valence-electron chi connectivity index (χ4n) is 3.85. The zero-order valence-corrected chi connectivity index (χ0v) is 21.0. The molecule has 0 fully saturated rings. The molecule has 0 saturated heterocycles. The smallest absolute Gasteiger partial charge is 0.224 e. The van der Waals surface area contributed by atoms with Crippen LogP contribution in [0.15, 0.2) is 54.6 Å². The van der Waals surface area contributed by atoms with Crippen LogP contribution in [0.25, 0.3) is 0 Å². The van der Waals surface area contributed by atoms with E-state index in [0.717, 1.165) is 11.1 Å². The van der Waals surface area contributed by atoms with Gasteiger partial charge in [-0.15, -0.1) is 0 Å². The van der Waals surface area contributed by atoms with Gasteiger partial charge in [0.15, 0.2) is 0 Å². The van der Waals surface area contributed by atoms with E-state index in [1.165, 1.54) is 24.3 Å². The molecule has 2 aromatic carbocycles. The molecule has 0 aliphatic rings. The summed E-state index contributed by atoms with van der Waals surface area (Å²) < 4.78 is 13.9. The van der Waals surface area contributed by atoms with E-state index in [2.05, 4.69) is 15.6 Å². The highest BCUT2D eigenvalue weighted by Gasteiger charge is 2.21. The van der Waals surface area contributed by atoms with Gasteiger partial charge in [-0.05, 0) is 55.7 Å². The van der Waals surface area contributed by atoms with Crippen molar-refractivity contribution in [2.45, 2.75) is 51.5 Å². The summed E-state index contributed by atoms with van der Waals surface area (Å²) in [5.74, 6) is -0.818. The van der Waals surface area contributed by atoms with Crippen LogP contribution in [0.1, 0.15) is 48.0 Å². The first-order chi connectivity index (χ1) is 17.1. The summed E-state index contributed by atoms with van der Waals surface area (Å²) in [5, 5.41) is 35.7. The van der Waals surface area contributed by atoms with Crippen LogP contribution in [0.4, 0.5) is 4.39 Å². The molecule has 3 rings (SSSR count). The number of aromatic hydroxyl groups is 1. The molecule has 0 aliphatic carbocycles. The molecule has 1 unspecified atom stereocenters. The van der Waals surface area contributed by atoms with Gasteiger partial charge in [-0.1, -0.05) is 41.9 Å². The molecule has 1 heterocycles. The van der Waals surface area contributed by atoms with Gasteiger partial charge in [-0.2, -0.15) is 0 Å². The quantitative estimate of drug-likeness (QED) is 0.267. The van der Waals surface area contributed by atoms with E-state index < -0.39 is 18.5 Å². The van der Waals surface area contributed by atoms with Crippen LogP contribution >= 0.6 is 11.6 Å². The molecule has 5 N–H and O–H groups in total. The number of hydrogen-bond donors (Lipinski definition) is 5. The van der Waals surface area contributed by atoms with Crippen molar-refractivity contribution < 1.29 is 24.5 Å². The summed E-state index contributed by atoms with van der Waals surface area (Å²) >= 11 is 6.02. The van der Waals surface area contributed by atoms with Gasteiger partial charge in [0.1, 0.15) is 23.4 Å². The molecule has 1 aromatic heterocycles. The molecule has 0 aliphatic heterocycles. The number of pyridine rings is 1. The van der Waals surface area contributed by atoms with Crippen molar-refractivity contribution in [3.8, 4) is 5.75 Å². The molecule has 0 bridgehead atoms. The van der Waals surface area contributed by atoms with E-state index in [-0.39, 0.29) is 53.0 Å². The van der Waals surface area contributed by atoms with Gasteiger partial charge in [0.05, 0.1) is 18.7 Å². The maximum absolute atomic E-state index is 13.9. The molecule has 0 radical (unpaired) electrons. The van der Waals surface area contributed by atoms with E-state index >= 15 is 0 Å². The lowest BCUT2D eigenvalue weighted by Gasteiger charge is -2.28. The van der Waals surface area contributed by atoms with Crippen LogP contribution in [0, 0.1) is 5.82 Å². The molecule has 1 atom stereocenters. The molecule has 3 aromatic rings. The highest BCUT2D eigenvalue weighted by molar-refractivity contribution is 6.31. The van der Waals surface area contributed by atoms with E-state index in [9.17, 15) is 24.5 Å². The number of carbonyl (C=O) groups is 1. The Morgan fingerprint density at radius 2 is 1.86 bits per heavy atom. The lowest BCUT2D eigenvalue weighted by atomic mass is 9.93.